The number of nitrogens with one attached hydrogen (secondary N) is 2. The maximum Gasteiger partial charge on any atom is 0.335 e. The molecule has 0 radical (unpaired) electrons. The van der Waals surface area contributed by atoms with Crippen LogP contribution < -0.4 is 0 Å². The molecule has 2 aliphatic rings. The summed E-state index contributed by atoms with van der Waals surface area (Å²) in [5.41, 5.74) is 18.1. The van der Waals surface area contributed by atoms with Crippen LogP contribution in [0.15, 0.2) is 127 Å². The molecule has 0 fully saturated rings. The molecule has 0 amide bonds. The number of carboxylic acids is 1. The number of carboxylic acid groups (broad SMARTS) is 1. The molecular weight excluding hydrogens is 1040 g/mol. The molecule has 85 heavy (non-hydrogen) atoms. The first-order valence-electron chi connectivity index (χ1n) is 29.8. The van der Waals surface area contributed by atoms with Crippen LogP contribution in [0.3, 0.4) is 0 Å². The number of H-pyrrole nitrogens is 2. The maximum atomic E-state index is 12.8. The Kier molecular flexibility index (Phi) is 13.0. The van der Waals surface area contributed by atoms with Crippen molar-refractivity contribution in [1.29, 1.82) is 0 Å². The molecule has 10 heteroatoms. The van der Waals surface area contributed by atoms with Crippen molar-refractivity contribution in [2.45, 2.75) is 157 Å². The van der Waals surface area contributed by atoms with Gasteiger partial charge in [0.05, 0.1) is 5.56 Å². The summed E-state index contributed by atoms with van der Waals surface area (Å²) in [6.45, 7) is 40.7. The van der Waals surface area contributed by atoms with Crippen molar-refractivity contribution >= 4 is 50.1 Å². The zero-order valence-electron chi connectivity index (χ0n) is 52.7. The lowest BCUT2D eigenvalue weighted by Gasteiger charge is -2.26. The van der Waals surface area contributed by atoms with Gasteiger partial charge in [0.15, 0.2) is 23.3 Å². The largest absolute Gasteiger partial charge is 0.478 e. The number of aromatic amines is 2. The number of carbonyl (C=O) groups is 1. The fourth-order valence-corrected chi connectivity index (χ4v) is 11.7. The van der Waals surface area contributed by atoms with E-state index in [1.807, 2.05) is 0 Å². The third kappa shape index (κ3) is 10.3. The Bertz CT molecular complexity index is 4530. The second-order valence-electron chi connectivity index (χ2n) is 29.8. The molecule has 12 rings (SSSR count). The van der Waals surface area contributed by atoms with E-state index >= 15 is 0 Å². The zero-order chi connectivity index (χ0) is 60.8. The highest BCUT2D eigenvalue weighted by atomic mass is 16.4. The third-order valence-corrected chi connectivity index (χ3v) is 17.1. The van der Waals surface area contributed by atoms with Gasteiger partial charge in [0.1, 0.15) is 22.6 Å². The number of hydrogen-bond donors (Lipinski definition) is 3. The molecule has 0 atom stereocenters. The van der Waals surface area contributed by atoms with Crippen LogP contribution in [0, 0.1) is 0 Å². The van der Waals surface area contributed by atoms with Crippen molar-refractivity contribution in [2.24, 2.45) is 0 Å². The first-order chi connectivity index (χ1) is 39.7. The minimum atomic E-state index is -1.05. The number of fused-ring (bicyclic) bond motifs is 20. The summed E-state index contributed by atoms with van der Waals surface area (Å²) in [6.07, 6.45) is 0. The second kappa shape index (κ2) is 19.5. The molecule has 0 unspecified atom stereocenters. The van der Waals surface area contributed by atoms with Crippen LogP contribution in [0.5, 0.6) is 0 Å². The van der Waals surface area contributed by atoms with Gasteiger partial charge < -0.3 is 15.1 Å². The zero-order valence-corrected chi connectivity index (χ0v) is 52.7. The van der Waals surface area contributed by atoms with Crippen LogP contribution in [0.2, 0.25) is 0 Å². The average molecular weight is 1120 g/mol. The number of aromatic carboxylic acids is 1. The molecule has 0 spiro atoms. The highest BCUT2D eigenvalue weighted by Crippen LogP contribution is 2.47. The predicted molar refractivity (Wildman–Crippen MR) is 352 cm³/mol. The summed E-state index contributed by atoms with van der Waals surface area (Å²) < 4.78 is 0. The van der Waals surface area contributed by atoms with Gasteiger partial charge in [-0.25, -0.2) is 34.7 Å². The molecule has 2 aliphatic heterocycles. The van der Waals surface area contributed by atoms with Crippen LogP contribution in [0.25, 0.3) is 123 Å². The molecule has 3 aromatic heterocycles. The van der Waals surface area contributed by atoms with E-state index in [0.717, 1.165) is 66.4 Å². The molecule has 0 saturated heterocycles. The summed E-state index contributed by atoms with van der Waals surface area (Å²) in [6, 6.07) is 45.0. The second-order valence-corrected chi connectivity index (χ2v) is 29.8. The topological polar surface area (TPSA) is 146 Å². The molecule has 10 nitrogen and oxygen atoms in total. The predicted octanol–water partition coefficient (Wildman–Crippen LogP) is 19.4. The Morgan fingerprint density at radius 1 is 0.329 bits per heavy atom. The van der Waals surface area contributed by atoms with Gasteiger partial charge in [-0.3, -0.25) is 0 Å². The fourth-order valence-electron chi connectivity index (χ4n) is 11.7. The Hall–Kier alpha value is -8.63. The van der Waals surface area contributed by atoms with E-state index in [1.54, 1.807) is 18.2 Å². The van der Waals surface area contributed by atoms with Gasteiger partial charge in [-0.15, -0.1) is 0 Å². The highest BCUT2D eigenvalue weighted by Gasteiger charge is 2.31. The molecular formula is C75H78N8O2. The number of rotatable bonds is 4. The number of nitrogens with zero attached hydrogens (tertiary/aromatic N) is 6. The monoisotopic (exact) mass is 1120 g/mol. The SMILES string of the molecule is CC(C)(C)c1cc(-c2cccc3c2-c2nc-3nc3[nH]c(nc4nc(nc5[nH]c(n2)c2cc(C(=O)O)ccc52)-c2cccc(-c5cc(C(C)(C)C)cc(C(C)(C)C)c5)c2-4)c2cccc(-c4cc(C(C)(C)C)cc(C(C)(C)C)c4)c32)cc(C(C)(C)C)c1. The first-order valence-corrected chi connectivity index (χ1v) is 29.8. The normalized spacial score (nSPS) is 13.2. The van der Waals surface area contributed by atoms with Crippen molar-refractivity contribution in [3.05, 3.63) is 166 Å². The van der Waals surface area contributed by atoms with Crippen LogP contribution in [0.4, 0.5) is 0 Å². The Morgan fingerprint density at radius 2 is 0.659 bits per heavy atom. The summed E-state index contributed by atoms with van der Waals surface area (Å²) in [7, 11) is 0. The van der Waals surface area contributed by atoms with Crippen LogP contribution in [-0.2, 0) is 32.5 Å². The standard InChI is InChI=1S/C75H78N8O2/c1-70(2,3)44-30-41(31-45(37-44)71(4,5)6)50-22-19-25-54-58(50)66-78-62(54)76-61-53-29-28-40(69(84)85)36-57(53)65(77-61)83-68-60-52(43-34-48(74(13,14)15)39-49(35-43)75(16,17)18)24-21-27-56(60)64(82-68)81-67-59-51(23-20-26-55(59)63(79-66)80-67)42-32-46(72(7,8)9)38-47(33-42)73(10,11)12/h19-39H,1-18H3,(H,84,85)(H2,76,77,78,79,80,81,82,83). The van der Waals surface area contributed by atoms with Gasteiger partial charge in [-0.2, -0.15) is 0 Å². The van der Waals surface area contributed by atoms with Crippen LogP contribution >= 0.6 is 0 Å². The lowest BCUT2D eigenvalue weighted by molar-refractivity contribution is 0.0697. The van der Waals surface area contributed by atoms with Crippen molar-refractivity contribution in [3.8, 4) is 78.9 Å². The molecule has 10 aromatic rings. The van der Waals surface area contributed by atoms with E-state index in [4.69, 9.17) is 29.9 Å². The lowest BCUT2D eigenvalue weighted by atomic mass is 9.78. The molecule has 3 N–H and O–H groups in total. The van der Waals surface area contributed by atoms with E-state index in [-0.39, 0.29) is 38.1 Å². The smallest absolute Gasteiger partial charge is 0.335 e. The Balaban J connectivity index is 1.26. The van der Waals surface area contributed by atoms with Crippen LogP contribution in [-0.4, -0.2) is 50.9 Å². The van der Waals surface area contributed by atoms with Gasteiger partial charge in [0.2, 0.25) is 0 Å². The highest BCUT2D eigenvalue weighted by molar-refractivity contribution is 6.13. The van der Waals surface area contributed by atoms with Gasteiger partial charge in [-0.05, 0) is 117 Å². The first kappa shape index (κ1) is 56.8. The number of benzene rings is 7. The number of aromatic nitrogens is 8. The molecule has 7 aromatic carbocycles. The summed E-state index contributed by atoms with van der Waals surface area (Å²) in [4.78, 5) is 53.4. The average Bonchev–Trinajstić information content (AvgIpc) is 1.76. The van der Waals surface area contributed by atoms with E-state index in [1.165, 1.54) is 33.4 Å². The molecule has 8 bridgehead atoms. The van der Waals surface area contributed by atoms with Crippen LogP contribution in [0.1, 0.15) is 168 Å². The quantitative estimate of drug-likeness (QED) is 0.158. The van der Waals surface area contributed by atoms with Crippen molar-refractivity contribution < 1.29 is 9.90 Å². The third-order valence-electron chi connectivity index (χ3n) is 17.1. The van der Waals surface area contributed by atoms with Gasteiger partial charge in [-0.1, -0.05) is 234 Å². The van der Waals surface area contributed by atoms with Crippen molar-refractivity contribution in [2.75, 3.05) is 0 Å². The van der Waals surface area contributed by atoms with Gasteiger partial charge >= 0.3 is 5.97 Å². The van der Waals surface area contributed by atoms with Gasteiger partial charge in [0.25, 0.3) is 0 Å². The molecule has 5 heterocycles. The minimum absolute atomic E-state index is 0.119. The van der Waals surface area contributed by atoms with E-state index < -0.39 is 5.97 Å². The summed E-state index contributed by atoms with van der Waals surface area (Å²) in [5.74, 6) is 0.784. The summed E-state index contributed by atoms with van der Waals surface area (Å²) in [5, 5.41) is 13.5. The minimum Gasteiger partial charge on any atom is -0.478 e. The lowest BCUT2D eigenvalue weighted by Crippen LogP contribution is -2.16. The molecule has 430 valence electrons. The van der Waals surface area contributed by atoms with E-state index in [2.05, 4.69) is 244 Å². The van der Waals surface area contributed by atoms with E-state index in [9.17, 15) is 9.90 Å². The Labute approximate surface area is 499 Å². The van der Waals surface area contributed by atoms with Crippen molar-refractivity contribution in [1.82, 2.24) is 39.9 Å². The molecule has 0 aliphatic carbocycles. The fraction of sp³-hybridized carbons (Fsp3) is 0.320. The molecule has 0 saturated carbocycles. The summed E-state index contributed by atoms with van der Waals surface area (Å²) >= 11 is 0. The van der Waals surface area contributed by atoms with Gasteiger partial charge in [0, 0.05) is 43.8 Å². The van der Waals surface area contributed by atoms with Crippen molar-refractivity contribution in [3.63, 3.8) is 0 Å². The Morgan fingerprint density at radius 3 is 1.07 bits per heavy atom. The van der Waals surface area contributed by atoms with E-state index in [0.29, 0.717) is 56.7 Å². The maximum absolute atomic E-state index is 12.8. The number of hydrogen-bond acceptors (Lipinski definition) is 7.